The number of imidazole rings is 1. The highest BCUT2D eigenvalue weighted by atomic mass is 32.2. The van der Waals surface area contributed by atoms with Crippen molar-refractivity contribution in [3.8, 4) is 6.07 Å². The van der Waals surface area contributed by atoms with E-state index in [9.17, 15) is 0 Å². The minimum atomic E-state index is 0.318. The molecule has 1 heterocycles. The Morgan fingerprint density at radius 3 is 2.94 bits per heavy atom. The first-order valence-corrected chi connectivity index (χ1v) is 7.27. The first-order valence-electron chi connectivity index (χ1n) is 5.88. The van der Waals surface area contributed by atoms with Crippen LogP contribution in [0.15, 0.2) is 18.2 Å². The van der Waals surface area contributed by atoms with Crippen LogP contribution >= 0.6 is 11.8 Å². The van der Waals surface area contributed by atoms with Crippen LogP contribution in [0.5, 0.6) is 0 Å². The van der Waals surface area contributed by atoms with Crippen LogP contribution in [0.1, 0.15) is 24.9 Å². The number of anilines is 1. The smallest absolute Gasteiger partial charge is 0.201 e. The third kappa shape index (κ3) is 2.04. The van der Waals surface area contributed by atoms with Gasteiger partial charge >= 0.3 is 0 Å². The number of fused-ring (bicyclic) bond motifs is 1. The maximum Gasteiger partial charge on any atom is 0.201 e. The van der Waals surface area contributed by atoms with Crippen LogP contribution in [0.4, 0.5) is 5.95 Å². The van der Waals surface area contributed by atoms with E-state index in [1.54, 1.807) is 17.8 Å². The Morgan fingerprint density at radius 1 is 1.56 bits per heavy atom. The Bertz CT molecular complexity index is 597. The molecule has 0 aliphatic carbocycles. The standard InChI is InChI=1S/C13H16N4S/c1-3-10(8-18-2)17-11-6-4-5-9(7-14)12(11)16-13(17)15/h4-6,10H,3,8H2,1-2H3,(H2,15,16). The second-order valence-electron chi connectivity index (χ2n) is 4.14. The van der Waals surface area contributed by atoms with Gasteiger partial charge in [-0.3, -0.25) is 0 Å². The molecule has 0 amide bonds. The highest BCUT2D eigenvalue weighted by Gasteiger charge is 2.17. The van der Waals surface area contributed by atoms with Gasteiger partial charge in [0.15, 0.2) is 0 Å². The Morgan fingerprint density at radius 2 is 2.33 bits per heavy atom. The summed E-state index contributed by atoms with van der Waals surface area (Å²) in [5, 5.41) is 9.09. The summed E-state index contributed by atoms with van der Waals surface area (Å²) in [6.45, 7) is 2.14. The predicted octanol–water partition coefficient (Wildman–Crippen LogP) is 2.80. The molecule has 1 unspecified atom stereocenters. The first-order chi connectivity index (χ1) is 8.72. The average Bonchev–Trinajstić information content (AvgIpc) is 2.72. The number of rotatable bonds is 4. The van der Waals surface area contributed by atoms with Gasteiger partial charge in [-0.1, -0.05) is 13.0 Å². The molecule has 0 aliphatic heterocycles. The number of nitrogens with zero attached hydrogens (tertiary/aromatic N) is 3. The van der Waals surface area contributed by atoms with Gasteiger partial charge in [0.05, 0.1) is 11.1 Å². The van der Waals surface area contributed by atoms with Crippen molar-refractivity contribution in [2.24, 2.45) is 0 Å². The molecule has 2 N–H and O–H groups in total. The third-order valence-electron chi connectivity index (χ3n) is 3.06. The van der Waals surface area contributed by atoms with Gasteiger partial charge in [0.25, 0.3) is 0 Å². The number of thioether (sulfide) groups is 1. The summed E-state index contributed by atoms with van der Waals surface area (Å²) >= 11 is 1.79. The maximum atomic E-state index is 9.09. The Labute approximate surface area is 111 Å². The van der Waals surface area contributed by atoms with Crippen LogP contribution in [0.3, 0.4) is 0 Å². The zero-order chi connectivity index (χ0) is 13.1. The van der Waals surface area contributed by atoms with Crippen LogP contribution in [-0.4, -0.2) is 21.6 Å². The van der Waals surface area contributed by atoms with E-state index in [-0.39, 0.29) is 0 Å². The van der Waals surface area contributed by atoms with Gasteiger partial charge in [-0.25, -0.2) is 4.98 Å². The lowest BCUT2D eigenvalue weighted by molar-refractivity contribution is 0.561. The van der Waals surface area contributed by atoms with Crippen LogP contribution in [-0.2, 0) is 0 Å². The van der Waals surface area contributed by atoms with Gasteiger partial charge in [-0.05, 0) is 24.8 Å². The van der Waals surface area contributed by atoms with Crippen LogP contribution in [0.25, 0.3) is 11.0 Å². The summed E-state index contributed by atoms with van der Waals surface area (Å²) < 4.78 is 2.05. The number of benzene rings is 1. The van der Waals surface area contributed by atoms with E-state index in [0.717, 1.165) is 17.7 Å². The van der Waals surface area contributed by atoms with Crippen molar-refractivity contribution >= 4 is 28.7 Å². The molecule has 0 radical (unpaired) electrons. The monoisotopic (exact) mass is 260 g/mol. The van der Waals surface area contributed by atoms with E-state index < -0.39 is 0 Å². The molecule has 2 rings (SSSR count). The molecule has 18 heavy (non-hydrogen) atoms. The van der Waals surface area contributed by atoms with Crippen molar-refractivity contribution in [1.29, 1.82) is 5.26 Å². The molecule has 1 aromatic carbocycles. The number of hydrogen-bond donors (Lipinski definition) is 1. The van der Waals surface area contributed by atoms with Crippen LogP contribution in [0.2, 0.25) is 0 Å². The molecule has 1 aromatic heterocycles. The van der Waals surface area contributed by atoms with Gasteiger partial charge in [0, 0.05) is 11.8 Å². The number of nitriles is 1. The number of para-hydroxylation sites is 1. The molecular formula is C13H16N4S. The Hall–Kier alpha value is -1.67. The molecule has 2 aromatic rings. The van der Waals surface area contributed by atoms with Crippen LogP contribution in [0, 0.1) is 11.3 Å². The molecular weight excluding hydrogens is 244 g/mol. The topological polar surface area (TPSA) is 67.6 Å². The van der Waals surface area contributed by atoms with E-state index in [1.807, 2.05) is 16.7 Å². The minimum Gasteiger partial charge on any atom is -0.369 e. The first kappa shape index (κ1) is 12.8. The van der Waals surface area contributed by atoms with Gasteiger partial charge < -0.3 is 10.3 Å². The summed E-state index contributed by atoms with van der Waals surface area (Å²) in [5.41, 5.74) is 8.25. The van der Waals surface area contributed by atoms with Gasteiger partial charge in [-0.15, -0.1) is 0 Å². The number of aromatic nitrogens is 2. The van der Waals surface area contributed by atoms with Crippen molar-refractivity contribution < 1.29 is 0 Å². The van der Waals surface area contributed by atoms with E-state index in [2.05, 4.69) is 24.2 Å². The molecule has 94 valence electrons. The lowest BCUT2D eigenvalue weighted by Crippen LogP contribution is -2.13. The fraction of sp³-hybridized carbons (Fsp3) is 0.385. The number of nitrogen functional groups attached to an aromatic ring is 1. The molecule has 0 saturated heterocycles. The summed E-state index contributed by atoms with van der Waals surface area (Å²) in [7, 11) is 0. The Kier molecular flexibility index (Phi) is 3.78. The highest BCUT2D eigenvalue weighted by molar-refractivity contribution is 7.98. The normalized spacial score (nSPS) is 12.5. The molecule has 0 bridgehead atoms. The van der Waals surface area contributed by atoms with E-state index >= 15 is 0 Å². The Balaban J connectivity index is 2.64. The lowest BCUT2D eigenvalue weighted by atomic mass is 10.2. The SMILES string of the molecule is CCC(CSC)n1c(N)nc2c(C#N)cccc21. The molecule has 0 aliphatic rings. The quantitative estimate of drug-likeness (QED) is 0.917. The summed E-state index contributed by atoms with van der Waals surface area (Å²) in [4.78, 5) is 4.34. The molecule has 5 heteroatoms. The molecule has 1 atom stereocenters. The van der Waals surface area contributed by atoms with Gasteiger partial charge in [-0.2, -0.15) is 17.0 Å². The van der Waals surface area contributed by atoms with Crippen molar-refractivity contribution in [3.63, 3.8) is 0 Å². The molecule has 4 nitrogen and oxygen atoms in total. The lowest BCUT2D eigenvalue weighted by Gasteiger charge is -2.17. The predicted molar refractivity (Wildman–Crippen MR) is 76.6 cm³/mol. The zero-order valence-electron chi connectivity index (χ0n) is 10.6. The van der Waals surface area contributed by atoms with E-state index in [4.69, 9.17) is 11.0 Å². The van der Waals surface area contributed by atoms with Crippen molar-refractivity contribution in [1.82, 2.24) is 9.55 Å². The van der Waals surface area contributed by atoms with Gasteiger partial charge in [0.2, 0.25) is 5.95 Å². The highest BCUT2D eigenvalue weighted by Crippen LogP contribution is 2.28. The summed E-state index contributed by atoms with van der Waals surface area (Å²) in [6, 6.07) is 8.11. The molecule has 0 fully saturated rings. The van der Waals surface area contributed by atoms with E-state index in [1.165, 1.54) is 0 Å². The van der Waals surface area contributed by atoms with E-state index in [0.29, 0.717) is 23.1 Å². The molecule has 0 spiro atoms. The summed E-state index contributed by atoms with van der Waals surface area (Å²) in [6.07, 6.45) is 3.08. The van der Waals surface area contributed by atoms with Crippen LogP contribution < -0.4 is 5.73 Å². The number of hydrogen-bond acceptors (Lipinski definition) is 4. The fourth-order valence-corrected chi connectivity index (χ4v) is 2.95. The zero-order valence-corrected chi connectivity index (χ0v) is 11.4. The maximum absolute atomic E-state index is 9.09. The number of nitrogens with two attached hydrogens (primary N) is 1. The molecule has 0 saturated carbocycles. The third-order valence-corrected chi connectivity index (χ3v) is 3.78. The average molecular weight is 260 g/mol. The second-order valence-corrected chi connectivity index (χ2v) is 5.05. The minimum absolute atomic E-state index is 0.318. The van der Waals surface area contributed by atoms with Crippen molar-refractivity contribution in [2.45, 2.75) is 19.4 Å². The largest absolute Gasteiger partial charge is 0.369 e. The summed E-state index contributed by atoms with van der Waals surface area (Å²) in [5.74, 6) is 1.48. The van der Waals surface area contributed by atoms with Crippen molar-refractivity contribution in [3.05, 3.63) is 23.8 Å². The fourth-order valence-electron chi connectivity index (χ4n) is 2.18. The van der Waals surface area contributed by atoms with Gasteiger partial charge in [0.1, 0.15) is 11.6 Å². The second kappa shape index (κ2) is 5.32. The van der Waals surface area contributed by atoms with Crippen molar-refractivity contribution in [2.75, 3.05) is 17.7 Å².